The molecule has 0 bridgehead atoms. The van der Waals surface area contributed by atoms with Gasteiger partial charge >= 0.3 is 0 Å². The maximum absolute atomic E-state index is 13.2. The van der Waals surface area contributed by atoms with Gasteiger partial charge in [0.15, 0.2) is 0 Å². The number of rotatable bonds is 6. The quantitative estimate of drug-likeness (QED) is 0.712. The molecule has 0 aliphatic carbocycles. The molecule has 2 aromatic carbocycles. The summed E-state index contributed by atoms with van der Waals surface area (Å²) in [5.74, 6) is -0.150. The molecule has 0 saturated carbocycles. The van der Waals surface area contributed by atoms with E-state index in [-0.39, 0.29) is 16.8 Å². The van der Waals surface area contributed by atoms with Gasteiger partial charge in [-0.3, -0.25) is 14.0 Å². The van der Waals surface area contributed by atoms with Crippen molar-refractivity contribution in [3.63, 3.8) is 0 Å². The third-order valence-electron chi connectivity index (χ3n) is 5.68. The van der Waals surface area contributed by atoms with Crippen molar-refractivity contribution in [1.82, 2.24) is 10.2 Å². The van der Waals surface area contributed by atoms with Crippen molar-refractivity contribution in [3.8, 4) is 0 Å². The van der Waals surface area contributed by atoms with E-state index < -0.39 is 10.0 Å². The molecule has 2 aliphatic heterocycles. The van der Waals surface area contributed by atoms with Gasteiger partial charge in [0.2, 0.25) is 0 Å². The summed E-state index contributed by atoms with van der Waals surface area (Å²) in [6.07, 6.45) is 0.553. The first-order valence-electron chi connectivity index (χ1n) is 10.4. The minimum Gasteiger partial charge on any atom is -0.379 e. The van der Waals surface area contributed by atoms with Crippen molar-refractivity contribution in [2.45, 2.75) is 24.3 Å². The molecule has 1 N–H and O–H groups in total. The molecule has 1 saturated heterocycles. The van der Waals surface area contributed by atoms with Gasteiger partial charge in [0.05, 0.1) is 23.8 Å². The highest BCUT2D eigenvalue weighted by Gasteiger charge is 2.36. The molecule has 1 amide bonds. The molecule has 9 heteroatoms. The van der Waals surface area contributed by atoms with Crippen LogP contribution in [0.25, 0.3) is 0 Å². The highest BCUT2D eigenvalue weighted by Crippen LogP contribution is 2.37. The maximum Gasteiger partial charge on any atom is 0.264 e. The summed E-state index contributed by atoms with van der Waals surface area (Å²) in [4.78, 5) is 15.1. The number of morpholine rings is 1. The monoisotopic (exact) mass is 463 g/mol. The number of fused-ring (bicyclic) bond motifs is 1. The van der Waals surface area contributed by atoms with Crippen LogP contribution in [0.1, 0.15) is 22.8 Å². The number of anilines is 1. The molecule has 0 radical (unpaired) electrons. The van der Waals surface area contributed by atoms with E-state index in [1.54, 1.807) is 30.3 Å². The topological polar surface area (TPSA) is 79.0 Å². The first-order valence-corrected chi connectivity index (χ1v) is 12.2. The molecule has 1 fully saturated rings. The summed E-state index contributed by atoms with van der Waals surface area (Å²) in [5, 5.41) is 3.44. The lowest BCUT2D eigenvalue weighted by molar-refractivity contribution is 0.0383. The Kier molecular flexibility index (Phi) is 6.52. The third kappa shape index (κ3) is 4.72. The van der Waals surface area contributed by atoms with Gasteiger partial charge in [-0.2, -0.15) is 0 Å². The largest absolute Gasteiger partial charge is 0.379 e. The lowest BCUT2D eigenvalue weighted by Gasteiger charge is -2.26. The van der Waals surface area contributed by atoms with Crippen LogP contribution in [-0.2, 0) is 21.2 Å². The SMILES string of the molecule is C[C@H]1Cc2cc(C(=O)NCCN3CCOCC3)ccc2N1S(=O)(=O)c1ccc(Cl)cc1. The lowest BCUT2D eigenvalue weighted by Crippen LogP contribution is -2.41. The Hall–Kier alpha value is -2.13. The van der Waals surface area contributed by atoms with Crippen LogP contribution in [0, 0.1) is 0 Å². The smallest absolute Gasteiger partial charge is 0.264 e. The second kappa shape index (κ2) is 9.16. The number of hydrogen-bond acceptors (Lipinski definition) is 5. The number of carbonyl (C=O) groups excluding carboxylic acids is 1. The van der Waals surface area contributed by atoms with Gasteiger partial charge < -0.3 is 10.1 Å². The van der Waals surface area contributed by atoms with Crippen LogP contribution in [0.15, 0.2) is 47.4 Å². The second-order valence-corrected chi connectivity index (χ2v) is 10.1. The number of nitrogens with one attached hydrogen (secondary N) is 1. The Bertz CT molecular complexity index is 1050. The molecule has 0 unspecified atom stereocenters. The fourth-order valence-electron chi connectivity index (χ4n) is 4.08. The van der Waals surface area contributed by atoms with Gasteiger partial charge in [-0.1, -0.05) is 11.6 Å². The van der Waals surface area contributed by atoms with Crippen molar-refractivity contribution in [2.75, 3.05) is 43.7 Å². The Morgan fingerprint density at radius 2 is 1.87 bits per heavy atom. The summed E-state index contributed by atoms with van der Waals surface area (Å²) in [6.45, 7) is 6.43. The van der Waals surface area contributed by atoms with Gasteiger partial charge in [-0.05, 0) is 61.4 Å². The Balaban J connectivity index is 1.47. The summed E-state index contributed by atoms with van der Waals surface area (Å²) < 4.78 is 33.2. The van der Waals surface area contributed by atoms with Gasteiger partial charge in [0, 0.05) is 42.8 Å². The molecule has 0 aromatic heterocycles. The molecule has 7 nitrogen and oxygen atoms in total. The van der Waals surface area contributed by atoms with Crippen LogP contribution >= 0.6 is 11.6 Å². The number of carbonyl (C=O) groups is 1. The minimum atomic E-state index is -3.72. The fourth-order valence-corrected chi connectivity index (χ4v) is 5.90. The van der Waals surface area contributed by atoms with E-state index in [1.807, 2.05) is 6.92 Å². The number of nitrogens with zero attached hydrogens (tertiary/aromatic N) is 2. The van der Waals surface area contributed by atoms with Crippen molar-refractivity contribution in [1.29, 1.82) is 0 Å². The molecule has 2 aromatic rings. The van der Waals surface area contributed by atoms with Crippen molar-refractivity contribution in [2.24, 2.45) is 0 Å². The predicted molar refractivity (Wildman–Crippen MR) is 120 cm³/mol. The minimum absolute atomic E-state index is 0.150. The van der Waals surface area contributed by atoms with E-state index in [1.165, 1.54) is 16.4 Å². The number of hydrogen-bond donors (Lipinski definition) is 1. The number of sulfonamides is 1. The standard InChI is InChI=1S/C22H26ClN3O4S/c1-16-14-18-15-17(22(27)24-8-9-25-10-12-30-13-11-25)2-7-21(18)26(16)31(28,29)20-5-3-19(23)4-6-20/h2-7,15-16H,8-14H2,1H3,(H,24,27)/t16-/m0/s1. The normalized spacial score (nSPS) is 19.3. The Labute approximate surface area is 188 Å². The molecule has 166 valence electrons. The summed E-state index contributed by atoms with van der Waals surface area (Å²) >= 11 is 5.90. The van der Waals surface area contributed by atoms with Crippen LogP contribution in [0.4, 0.5) is 5.69 Å². The van der Waals surface area contributed by atoms with E-state index in [0.717, 1.165) is 38.4 Å². The molecule has 2 heterocycles. The van der Waals surface area contributed by atoms with E-state index in [0.29, 0.717) is 29.2 Å². The van der Waals surface area contributed by atoms with Gasteiger partial charge in [-0.25, -0.2) is 8.42 Å². The van der Waals surface area contributed by atoms with Gasteiger partial charge in [0.25, 0.3) is 15.9 Å². The predicted octanol–water partition coefficient (Wildman–Crippen LogP) is 2.54. The summed E-state index contributed by atoms with van der Waals surface area (Å²) in [5.41, 5.74) is 2.01. The Morgan fingerprint density at radius 3 is 2.58 bits per heavy atom. The van der Waals surface area contributed by atoms with Crippen LogP contribution < -0.4 is 9.62 Å². The van der Waals surface area contributed by atoms with Crippen molar-refractivity contribution < 1.29 is 17.9 Å². The van der Waals surface area contributed by atoms with Crippen LogP contribution in [0.3, 0.4) is 0 Å². The highest BCUT2D eigenvalue weighted by atomic mass is 35.5. The zero-order chi connectivity index (χ0) is 22.0. The number of amides is 1. The fraction of sp³-hybridized carbons (Fsp3) is 0.409. The zero-order valence-corrected chi connectivity index (χ0v) is 19.0. The molecule has 31 heavy (non-hydrogen) atoms. The first kappa shape index (κ1) is 22.1. The number of halogens is 1. The molecule has 2 aliphatic rings. The molecular formula is C22H26ClN3O4S. The molecule has 1 atom stereocenters. The van der Waals surface area contributed by atoms with E-state index >= 15 is 0 Å². The average molecular weight is 464 g/mol. The summed E-state index contributed by atoms with van der Waals surface area (Å²) in [6, 6.07) is 11.1. The molecule has 0 spiro atoms. The van der Waals surface area contributed by atoms with Crippen molar-refractivity contribution >= 4 is 33.2 Å². The van der Waals surface area contributed by atoms with Crippen LogP contribution in [0.2, 0.25) is 5.02 Å². The van der Waals surface area contributed by atoms with E-state index in [4.69, 9.17) is 16.3 Å². The maximum atomic E-state index is 13.2. The van der Waals surface area contributed by atoms with E-state index in [2.05, 4.69) is 10.2 Å². The number of benzene rings is 2. The van der Waals surface area contributed by atoms with Crippen LogP contribution in [-0.4, -0.2) is 64.7 Å². The summed E-state index contributed by atoms with van der Waals surface area (Å²) in [7, 11) is -3.72. The second-order valence-electron chi connectivity index (χ2n) is 7.86. The van der Waals surface area contributed by atoms with Crippen LogP contribution in [0.5, 0.6) is 0 Å². The zero-order valence-electron chi connectivity index (χ0n) is 17.4. The molecule has 4 rings (SSSR count). The van der Waals surface area contributed by atoms with Crippen molar-refractivity contribution in [3.05, 3.63) is 58.6 Å². The molecular weight excluding hydrogens is 438 g/mol. The van der Waals surface area contributed by atoms with Gasteiger partial charge in [-0.15, -0.1) is 0 Å². The number of ether oxygens (including phenoxy) is 1. The first-order chi connectivity index (χ1) is 14.9. The van der Waals surface area contributed by atoms with Gasteiger partial charge in [0.1, 0.15) is 0 Å². The average Bonchev–Trinajstić information content (AvgIpc) is 3.10. The van der Waals surface area contributed by atoms with E-state index in [9.17, 15) is 13.2 Å². The third-order valence-corrected chi connectivity index (χ3v) is 7.88. The highest BCUT2D eigenvalue weighted by molar-refractivity contribution is 7.92. The Morgan fingerprint density at radius 1 is 1.16 bits per heavy atom. The lowest BCUT2D eigenvalue weighted by atomic mass is 10.1.